The minimum absolute atomic E-state index is 0.597. The van der Waals surface area contributed by atoms with Crippen LogP contribution in [0.3, 0.4) is 0 Å². The van der Waals surface area contributed by atoms with Crippen LogP contribution in [0.4, 0.5) is 0 Å². The van der Waals surface area contributed by atoms with E-state index in [1.165, 1.54) is 0 Å². The molecular formula is C6H16N2O2. The Kier molecular flexibility index (Phi) is 19.1. The van der Waals surface area contributed by atoms with E-state index in [0.717, 1.165) is 0 Å². The van der Waals surface area contributed by atoms with Gasteiger partial charge in [-0.15, -0.1) is 0 Å². The Hall–Kier alpha value is -0.610. The second-order valence-corrected chi connectivity index (χ2v) is 1.24. The highest BCUT2D eigenvalue weighted by atomic mass is 16.6. The average Bonchev–Trinajstić information content (AvgIpc) is 2.01. The van der Waals surface area contributed by atoms with Gasteiger partial charge >= 0.3 is 0 Å². The van der Waals surface area contributed by atoms with Crippen molar-refractivity contribution >= 4 is 6.21 Å². The average molecular weight is 148 g/mol. The first kappa shape index (κ1) is 12.1. The highest BCUT2D eigenvalue weighted by Crippen LogP contribution is 1.67. The Balaban J connectivity index is 0. The fourth-order valence-corrected chi connectivity index (χ4v) is 0.149. The Labute approximate surface area is 61.9 Å². The smallest absolute Gasteiger partial charge is 0.114 e. The first-order chi connectivity index (χ1) is 4.83. The van der Waals surface area contributed by atoms with Crippen LogP contribution >= 0.6 is 0 Å². The van der Waals surface area contributed by atoms with Gasteiger partial charge < -0.3 is 9.68 Å². The first-order valence-electron chi connectivity index (χ1n) is 3.25. The van der Waals surface area contributed by atoms with Crippen molar-refractivity contribution in [2.24, 2.45) is 11.1 Å². The van der Waals surface area contributed by atoms with Crippen LogP contribution in [0.25, 0.3) is 0 Å². The molecule has 0 aliphatic carbocycles. The standard InChI is InChI=1S/C4H9NO.C2H7NO/c1-3-5-6-4-2;1-2-4-3/h3H,4H2,1-2H3;2-3H2,1H3. The van der Waals surface area contributed by atoms with Gasteiger partial charge in [-0.2, -0.15) is 0 Å². The zero-order valence-electron chi connectivity index (χ0n) is 6.83. The summed E-state index contributed by atoms with van der Waals surface area (Å²) >= 11 is 0. The van der Waals surface area contributed by atoms with Crippen LogP contribution in [0.1, 0.15) is 20.8 Å². The van der Waals surface area contributed by atoms with E-state index in [4.69, 9.17) is 0 Å². The normalized spacial score (nSPS) is 8.80. The van der Waals surface area contributed by atoms with Gasteiger partial charge in [0, 0.05) is 6.21 Å². The molecule has 0 heterocycles. The summed E-state index contributed by atoms with van der Waals surface area (Å²) < 4.78 is 0. The van der Waals surface area contributed by atoms with Gasteiger partial charge in [0.05, 0.1) is 6.61 Å². The molecule has 4 nitrogen and oxygen atoms in total. The third-order valence-electron chi connectivity index (χ3n) is 0.476. The van der Waals surface area contributed by atoms with Crippen LogP contribution in [-0.2, 0) is 9.68 Å². The van der Waals surface area contributed by atoms with E-state index in [-0.39, 0.29) is 0 Å². The van der Waals surface area contributed by atoms with Crippen molar-refractivity contribution < 1.29 is 9.68 Å². The van der Waals surface area contributed by atoms with E-state index < -0.39 is 0 Å². The van der Waals surface area contributed by atoms with E-state index in [2.05, 4.69) is 20.7 Å². The van der Waals surface area contributed by atoms with Gasteiger partial charge in [-0.3, -0.25) is 0 Å². The summed E-state index contributed by atoms with van der Waals surface area (Å²) in [5.41, 5.74) is 0. The molecule has 0 aromatic rings. The van der Waals surface area contributed by atoms with Crippen molar-refractivity contribution in [2.45, 2.75) is 20.8 Å². The highest BCUT2D eigenvalue weighted by molar-refractivity contribution is 5.52. The Morgan fingerprint density at radius 3 is 2.00 bits per heavy atom. The molecule has 10 heavy (non-hydrogen) atoms. The van der Waals surface area contributed by atoms with E-state index in [1.807, 2.05) is 20.8 Å². The van der Waals surface area contributed by atoms with Crippen molar-refractivity contribution in [1.82, 2.24) is 0 Å². The van der Waals surface area contributed by atoms with Crippen molar-refractivity contribution in [1.29, 1.82) is 0 Å². The summed E-state index contributed by atoms with van der Waals surface area (Å²) in [6, 6.07) is 0. The molecule has 4 heteroatoms. The molecule has 0 spiro atoms. The molecule has 0 aromatic carbocycles. The van der Waals surface area contributed by atoms with Crippen LogP contribution < -0.4 is 5.90 Å². The molecule has 0 aliphatic rings. The Morgan fingerprint density at radius 2 is 1.90 bits per heavy atom. The van der Waals surface area contributed by atoms with Crippen LogP contribution in [0.2, 0.25) is 0 Å². The molecule has 0 saturated carbocycles. The largest absolute Gasteiger partial charge is 0.396 e. The molecule has 0 unspecified atom stereocenters. The zero-order chi connectivity index (χ0) is 8.24. The maximum atomic E-state index is 4.55. The van der Waals surface area contributed by atoms with Gasteiger partial charge in [-0.05, 0) is 20.8 Å². The molecule has 0 saturated heterocycles. The van der Waals surface area contributed by atoms with Gasteiger partial charge in [-0.25, -0.2) is 5.90 Å². The summed E-state index contributed by atoms with van der Waals surface area (Å²) in [6.45, 7) is 6.80. The molecule has 0 amide bonds. The predicted molar refractivity (Wildman–Crippen MR) is 41.6 cm³/mol. The van der Waals surface area contributed by atoms with Crippen molar-refractivity contribution in [3.05, 3.63) is 0 Å². The fraction of sp³-hybridized carbons (Fsp3) is 0.833. The lowest BCUT2D eigenvalue weighted by molar-refractivity contribution is 0.152. The SMILES string of the molecule is CC=NOCC.CCON. The highest BCUT2D eigenvalue weighted by Gasteiger charge is 1.60. The lowest BCUT2D eigenvalue weighted by Gasteiger charge is -1.84. The maximum Gasteiger partial charge on any atom is 0.114 e. The van der Waals surface area contributed by atoms with Gasteiger partial charge in [-0.1, -0.05) is 5.16 Å². The summed E-state index contributed by atoms with van der Waals surface area (Å²) in [5, 5.41) is 3.47. The Bertz CT molecular complexity index is 64.8. The molecule has 0 atom stereocenters. The van der Waals surface area contributed by atoms with Crippen molar-refractivity contribution in [3.63, 3.8) is 0 Å². The van der Waals surface area contributed by atoms with Crippen LogP contribution in [0.5, 0.6) is 0 Å². The lowest BCUT2D eigenvalue weighted by Crippen LogP contribution is -1.94. The number of hydrogen-bond acceptors (Lipinski definition) is 4. The number of nitrogens with two attached hydrogens (primary N) is 1. The topological polar surface area (TPSA) is 56.8 Å². The van der Waals surface area contributed by atoms with Gasteiger partial charge in [0.2, 0.25) is 0 Å². The molecule has 2 N–H and O–H groups in total. The number of rotatable bonds is 3. The monoisotopic (exact) mass is 148 g/mol. The van der Waals surface area contributed by atoms with Crippen LogP contribution in [0.15, 0.2) is 5.16 Å². The molecular weight excluding hydrogens is 132 g/mol. The van der Waals surface area contributed by atoms with E-state index in [1.54, 1.807) is 6.21 Å². The van der Waals surface area contributed by atoms with Crippen LogP contribution in [0, 0.1) is 0 Å². The lowest BCUT2D eigenvalue weighted by atomic mass is 10.9. The van der Waals surface area contributed by atoms with E-state index in [9.17, 15) is 0 Å². The first-order valence-corrected chi connectivity index (χ1v) is 3.25. The molecule has 0 rings (SSSR count). The molecule has 0 fully saturated rings. The van der Waals surface area contributed by atoms with E-state index >= 15 is 0 Å². The molecule has 0 bridgehead atoms. The number of hydrogen-bond donors (Lipinski definition) is 1. The number of oxime groups is 1. The van der Waals surface area contributed by atoms with Crippen LogP contribution in [-0.4, -0.2) is 19.4 Å². The van der Waals surface area contributed by atoms with E-state index in [0.29, 0.717) is 13.2 Å². The Morgan fingerprint density at radius 1 is 1.40 bits per heavy atom. The van der Waals surface area contributed by atoms with Crippen molar-refractivity contribution in [2.75, 3.05) is 13.2 Å². The minimum atomic E-state index is 0.597. The summed E-state index contributed by atoms with van der Waals surface area (Å²) in [4.78, 5) is 8.59. The second kappa shape index (κ2) is 15.8. The summed E-state index contributed by atoms with van der Waals surface area (Å²) in [5.74, 6) is 4.53. The van der Waals surface area contributed by atoms with Crippen molar-refractivity contribution in [3.8, 4) is 0 Å². The molecule has 0 aromatic heterocycles. The molecule has 0 aliphatic heterocycles. The summed E-state index contributed by atoms with van der Waals surface area (Å²) in [6.07, 6.45) is 1.61. The number of nitrogens with zero attached hydrogens (tertiary/aromatic N) is 1. The van der Waals surface area contributed by atoms with Gasteiger partial charge in [0.15, 0.2) is 0 Å². The summed E-state index contributed by atoms with van der Waals surface area (Å²) in [7, 11) is 0. The maximum absolute atomic E-state index is 4.55. The molecule has 0 radical (unpaired) electrons. The second-order valence-electron chi connectivity index (χ2n) is 1.24. The quantitative estimate of drug-likeness (QED) is 0.478. The predicted octanol–water partition coefficient (Wildman–Crippen LogP) is 0.925. The minimum Gasteiger partial charge on any atom is -0.396 e. The van der Waals surface area contributed by atoms with Gasteiger partial charge in [0.25, 0.3) is 0 Å². The molecule has 62 valence electrons. The third-order valence-corrected chi connectivity index (χ3v) is 0.476. The zero-order valence-corrected chi connectivity index (χ0v) is 6.83. The third kappa shape index (κ3) is 26.3. The fourth-order valence-electron chi connectivity index (χ4n) is 0.149. The van der Waals surface area contributed by atoms with Gasteiger partial charge in [0.1, 0.15) is 6.61 Å².